The average molecular weight is 336 g/mol. The van der Waals surface area contributed by atoms with Crippen molar-refractivity contribution in [3.8, 4) is 11.6 Å². The molecule has 0 atom stereocenters. The minimum Gasteiger partial charge on any atom is -0.494 e. The molecule has 1 aromatic carbocycles. The second-order valence-corrected chi connectivity index (χ2v) is 5.61. The highest BCUT2D eigenvalue weighted by Gasteiger charge is 2.12. The van der Waals surface area contributed by atoms with Crippen molar-refractivity contribution in [3.05, 3.63) is 72.9 Å². The Labute approximate surface area is 146 Å². The third-order valence-corrected chi connectivity index (χ3v) is 3.76. The Morgan fingerprint density at radius 2 is 2.04 bits per heavy atom. The number of nitrogens with zero attached hydrogens (tertiary/aromatic N) is 4. The van der Waals surface area contributed by atoms with Gasteiger partial charge in [0.15, 0.2) is 0 Å². The van der Waals surface area contributed by atoms with Gasteiger partial charge in [0.05, 0.1) is 6.61 Å². The van der Waals surface area contributed by atoms with Crippen LogP contribution in [-0.4, -0.2) is 45.5 Å². The molecule has 0 spiro atoms. The number of benzene rings is 1. The zero-order valence-corrected chi connectivity index (χ0v) is 14.1. The summed E-state index contributed by atoms with van der Waals surface area (Å²) >= 11 is 0. The Balaban J connectivity index is 1.53. The molecule has 0 bridgehead atoms. The number of pyridine rings is 1. The standard InChI is InChI=1S/C19H20N4O2/c1-22(11-5-13-25-17-6-3-2-4-7-17)19(24)16-8-9-21-18(14-16)23-12-10-20-15-23/h2-4,6-10,12,14-15H,5,11,13H2,1H3. The maximum Gasteiger partial charge on any atom is 0.253 e. The molecule has 128 valence electrons. The number of ether oxygens (including phenoxy) is 1. The number of hydrogen-bond donors (Lipinski definition) is 0. The summed E-state index contributed by atoms with van der Waals surface area (Å²) in [4.78, 5) is 22.5. The third kappa shape index (κ3) is 4.44. The number of imidazole rings is 1. The quantitative estimate of drug-likeness (QED) is 0.623. The SMILES string of the molecule is CN(CCCOc1ccccc1)C(=O)c1ccnc(-n2ccnc2)c1. The number of para-hydroxylation sites is 1. The van der Waals surface area contributed by atoms with Crippen molar-refractivity contribution in [2.45, 2.75) is 6.42 Å². The van der Waals surface area contributed by atoms with E-state index in [1.165, 1.54) is 0 Å². The lowest BCUT2D eigenvalue weighted by atomic mass is 10.2. The molecule has 0 aliphatic heterocycles. The predicted molar refractivity (Wildman–Crippen MR) is 94.9 cm³/mol. The van der Waals surface area contributed by atoms with Gasteiger partial charge in [-0.2, -0.15) is 0 Å². The molecular weight excluding hydrogens is 316 g/mol. The van der Waals surface area contributed by atoms with Gasteiger partial charge >= 0.3 is 0 Å². The van der Waals surface area contributed by atoms with Gasteiger partial charge < -0.3 is 9.64 Å². The van der Waals surface area contributed by atoms with Gasteiger partial charge in [-0.1, -0.05) is 18.2 Å². The molecule has 0 saturated heterocycles. The summed E-state index contributed by atoms with van der Waals surface area (Å²) in [7, 11) is 1.79. The molecule has 6 heteroatoms. The number of carbonyl (C=O) groups is 1. The number of amides is 1. The van der Waals surface area contributed by atoms with Crippen molar-refractivity contribution in [2.24, 2.45) is 0 Å². The van der Waals surface area contributed by atoms with Crippen molar-refractivity contribution < 1.29 is 9.53 Å². The molecule has 2 heterocycles. The molecule has 0 aliphatic rings. The second kappa shape index (κ2) is 8.10. The fourth-order valence-corrected chi connectivity index (χ4v) is 2.42. The Bertz CT molecular complexity index is 803. The van der Waals surface area contributed by atoms with Gasteiger partial charge in [0.2, 0.25) is 0 Å². The maximum atomic E-state index is 12.6. The van der Waals surface area contributed by atoms with Crippen LogP contribution in [0.25, 0.3) is 5.82 Å². The normalized spacial score (nSPS) is 10.4. The minimum absolute atomic E-state index is 0.0384. The molecule has 0 unspecified atom stereocenters. The first-order valence-corrected chi connectivity index (χ1v) is 8.12. The van der Waals surface area contributed by atoms with Crippen LogP contribution in [0.5, 0.6) is 5.75 Å². The summed E-state index contributed by atoms with van der Waals surface area (Å²) in [5.41, 5.74) is 0.602. The Morgan fingerprint density at radius 1 is 1.20 bits per heavy atom. The summed E-state index contributed by atoms with van der Waals surface area (Å²) in [6, 6.07) is 13.2. The highest BCUT2D eigenvalue weighted by Crippen LogP contribution is 2.11. The van der Waals surface area contributed by atoms with E-state index in [0.717, 1.165) is 12.2 Å². The molecule has 25 heavy (non-hydrogen) atoms. The molecule has 0 N–H and O–H groups in total. The van der Waals surface area contributed by atoms with Gasteiger partial charge in [-0.25, -0.2) is 9.97 Å². The monoisotopic (exact) mass is 336 g/mol. The first kappa shape index (κ1) is 16.7. The van der Waals surface area contributed by atoms with Crippen LogP contribution in [0.15, 0.2) is 67.4 Å². The average Bonchev–Trinajstić information content (AvgIpc) is 3.20. The van der Waals surface area contributed by atoms with Crippen molar-refractivity contribution in [1.82, 2.24) is 19.4 Å². The van der Waals surface area contributed by atoms with E-state index in [2.05, 4.69) is 9.97 Å². The highest BCUT2D eigenvalue weighted by atomic mass is 16.5. The molecule has 2 aromatic heterocycles. The summed E-state index contributed by atoms with van der Waals surface area (Å²) in [5, 5.41) is 0. The summed E-state index contributed by atoms with van der Waals surface area (Å²) in [6.07, 6.45) is 7.52. The van der Waals surface area contributed by atoms with Gasteiger partial charge in [-0.15, -0.1) is 0 Å². The molecule has 0 fully saturated rings. The van der Waals surface area contributed by atoms with Crippen molar-refractivity contribution in [2.75, 3.05) is 20.2 Å². The Hall–Kier alpha value is -3.15. The van der Waals surface area contributed by atoms with Gasteiger partial charge in [0.1, 0.15) is 17.9 Å². The number of hydrogen-bond acceptors (Lipinski definition) is 4. The first-order chi connectivity index (χ1) is 12.2. The van der Waals surface area contributed by atoms with Crippen LogP contribution in [0.2, 0.25) is 0 Å². The third-order valence-electron chi connectivity index (χ3n) is 3.76. The Morgan fingerprint density at radius 3 is 2.80 bits per heavy atom. The van der Waals surface area contributed by atoms with Crippen LogP contribution in [0, 0.1) is 0 Å². The number of carbonyl (C=O) groups excluding carboxylic acids is 1. The van der Waals surface area contributed by atoms with Crippen LogP contribution in [0.1, 0.15) is 16.8 Å². The van der Waals surface area contributed by atoms with Crippen molar-refractivity contribution >= 4 is 5.91 Å². The van der Waals surface area contributed by atoms with E-state index < -0.39 is 0 Å². The zero-order valence-electron chi connectivity index (χ0n) is 14.1. The van der Waals surface area contributed by atoms with Gasteiger partial charge in [-0.3, -0.25) is 9.36 Å². The van der Waals surface area contributed by atoms with E-state index >= 15 is 0 Å². The number of rotatable bonds is 7. The second-order valence-electron chi connectivity index (χ2n) is 5.61. The van der Waals surface area contributed by atoms with E-state index in [4.69, 9.17) is 4.74 Å². The van der Waals surface area contributed by atoms with Crippen molar-refractivity contribution in [1.29, 1.82) is 0 Å². The van der Waals surface area contributed by atoms with Crippen LogP contribution >= 0.6 is 0 Å². The fourth-order valence-electron chi connectivity index (χ4n) is 2.42. The molecule has 6 nitrogen and oxygen atoms in total. The summed E-state index contributed by atoms with van der Waals surface area (Å²) < 4.78 is 7.42. The number of aromatic nitrogens is 3. The van der Waals surface area contributed by atoms with E-state index in [1.807, 2.05) is 30.3 Å². The van der Waals surface area contributed by atoms with Gasteiger partial charge in [-0.05, 0) is 30.7 Å². The molecule has 1 amide bonds. The summed E-state index contributed by atoms with van der Waals surface area (Å²) in [5.74, 6) is 1.48. The van der Waals surface area contributed by atoms with E-state index in [1.54, 1.807) is 53.6 Å². The van der Waals surface area contributed by atoms with Gasteiger partial charge in [0, 0.05) is 37.7 Å². The molecular formula is C19H20N4O2. The van der Waals surface area contributed by atoms with Crippen LogP contribution in [0.3, 0.4) is 0 Å². The first-order valence-electron chi connectivity index (χ1n) is 8.12. The van der Waals surface area contributed by atoms with E-state index in [-0.39, 0.29) is 5.91 Å². The van der Waals surface area contributed by atoms with Crippen LogP contribution in [0.4, 0.5) is 0 Å². The van der Waals surface area contributed by atoms with Crippen molar-refractivity contribution in [3.63, 3.8) is 0 Å². The smallest absolute Gasteiger partial charge is 0.253 e. The van der Waals surface area contributed by atoms with Crippen LogP contribution in [-0.2, 0) is 0 Å². The predicted octanol–water partition coefficient (Wildman–Crippen LogP) is 2.81. The Kier molecular flexibility index (Phi) is 5.41. The lowest BCUT2D eigenvalue weighted by Gasteiger charge is -2.17. The minimum atomic E-state index is -0.0384. The van der Waals surface area contributed by atoms with E-state index in [9.17, 15) is 4.79 Å². The zero-order chi connectivity index (χ0) is 17.5. The molecule has 0 aliphatic carbocycles. The highest BCUT2D eigenvalue weighted by molar-refractivity contribution is 5.94. The molecule has 3 aromatic rings. The van der Waals surface area contributed by atoms with E-state index in [0.29, 0.717) is 24.5 Å². The molecule has 0 radical (unpaired) electrons. The van der Waals surface area contributed by atoms with Gasteiger partial charge in [0.25, 0.3) is 5.91 Å². The largest absolute Gasteiger partial charge is 0.494 e. The lowest BCUT2D eigenvalue weighted by Crippen LogP contribution is -2.28. The fraction of sp³-hybridized carbons (Fsp3) is 0.211. The summed E-state index contributed by atoms with van der Waals surface area (Å²) in [6.45, 7) is 1.19. The lowest BCUT2D eigenvalue weighted by molar-refractivity contribution is 0.0787. The maximum absolute atomic E-state index is 12.6. The molecule has 0 saturated carbocycles. The topological polar surface area (TPSA) is 60.2 Å². The molecule has 3 rings (SSSR count). The van der Waals surface area contributed by atoms with Crippen LogP contribution < -0.4 is 4.74 Å².